The molecule has 0 aromatic carbocycles. The molecule has 1 atom stereocenters. The number of carbonyl (C=O) groups is 1. The molecule has 1 N–H and O–H groups in total. The van der Waals surface area contributed by atoms with E-state index in [1.165, 1.54) is 11.1 Å². The average Bonchev–Trinajstić information content (AvgIpc) is 2.82. The molecule has 20 heavy (non-hydrogen) atoms. The van der Waals surface area contributed by atoms with Crippen molar-refractivity contribution in [1.82, 2.24) is 24.6 Å². The summed E-state index contributed by atoms with van der Waals surface area (Å²) in [6.45, 7) is 1.77. The molecule has 106 valence electrons. The molecule has 1 aliphatic heterocycles. The van der Waals surface area contributed by atoms with E-state index in [1.807, 2.05) is 0 Å². The van der Waals surface area contributed by atoms with Crippen LogP contribution in [0.3, 0.4) is 0 Å². The Labute approximate surface area is 120 Å². The number of piperidine rings is 1. The van der Waals surface area contributed by atoms with Crippen LogP contribution in [-0.4, -0.2) is 48.9 Å². The van der Waals surface area contributed by atoms with Gasteiger partial charge in [-0.15, -0.1) is 0 Å². The van der Waals surface area contributed by atoms with Crippen LogP contribution in [0.2, 0.25) is 5.15 Å². The largest absolute Gasteiger partial charge is 0.465 e. The fraction of sp³-hybridized carbons (Fsp3) is 0.500. The number of aromatic nitrogens is 4. The molecular weight excluding hydrogens is 282 g/mol. The van der Waals surface area contributed by atoms with Gasteiger partial charge in [0.2, 0.25) is 0 Å². The highest BCUT2D eigenvalue weighted by atomic mass is 35.5. The number of hydrogen-bond acceptors (Lipinski definition) is 4. The van der Waals surface area contributed by atoms with Crippen molar-refractivity contribution in [2.45, 2.75) is 19.4 Å². The third-order valence-corrected chi connectivity index (χ3v) is 3.72. The Bertz CT molecular complexity index is 644. The molecular formula is C12H14ClN5O2. The molecule has 1 aliphatic rings. The first-order valence-corrected chi connectivity index (χ1v) is 6.83. The molecule has 0 spiro atoms. The van der Waals surface area contributed by atoms with Crippen molar-refractivity contribution in [2.75, 3.05) is 13.1 Å². The van der Waals surface area contributed by atoms with Gasteiger partial charge in [-0.25, -0.2) is 19.4 Å². The molecule has 3 rings (SSSR count). The summed E-state index contributed by atoms with van der Waals surface area (Å²) < 4.78 is 1.75. The second-order valence-corrected chi connectivity index (χ2v) is 5.35. The number of hydrogen-bond donors (Lipinski definition) is 1. The van der Waals surface area contributed by atoms with Crippen molar-refractivity contribution < 1.29 is 9.90 Å². The van der Waals surface area contributed by atoms with Crippen LogP contribution in [0.1, 0.15) is 12.8 Å². The Morgan fingerprint density at radius 2 is 2.35 bits per heavy atom. The van der Waals surface area contributed by atoms with E-state index in [0.29, 0.717) is 36.0 Å². The molecule has 2 aromatic rings. The van der Waals surface area contributed by atoms with Crippen LogP contribution in [0.5, 0.6) is 0 Å². The normalized spacial score (nSPS) is 19.4. The molecule has 3 heterocycles. The summed E-state index contributed by atoms with van der Waals surface area (Å²) in [7, 11) is 0. The number of fused-ring (bicyclic) bond motifs is 1. The molecule has 1 amide bonds. The van der Waals surface area contributed by atoms with Crippen LogP contribution in [-0.2, 0) is 6.54 Å². The lowest BCUT2D eigenvalue weighted by molar-refractivity contribution is 0.116. The predicted molar refractivity (Wildman–Crippen MR) is 72.7 cm³/mol. The van der Waals surface area contributed by atoms with Gasteiger partial charge in [0.25, 0.3) is 0 Å². The molecule has 0 saturated carbocycles. The van der Waals surface area contributed by atoms with Gasteiger partial charge in [-0.1, -0.05) is 11.6 Å². The number of carboxylic acid groups (broad SMARTS) is 1. The van der Waals surface area contributed by atoms with E-state index >= 15 is 0 Å². The minimum absolute atomic E-state index is 0.240. The maximum Gasteiger partial charge on any atom is 0.407 e. The predicted octanol–water partition coefficient (Wildman–Crippen LogP) is 1.87. The standard InChI is InChI=1S/C12H14ClN5O2/c13-10-5-14-9-4-15-18(11(9)16-10)7-8-2-1-3-17(6-8)12(19)20/h4-5,8H,1-3,6-7H2,(H,19,20). The van der Waals surface area contributed by atoms with Crippen LogP contribution in [0.4, 0.5) is 4.79 Å². The highest BCUT2D eigenvalue weighted by Crippen LogP contribution is 2.20. The first-order valence-electron chi connectivity index (χ1n) is 6.45. The van der Waals surface area contributed by atoms with Crippen molar-refractivity contribution in [1.29, 1.82) is 0 Å². The summed E-state index contributed by atoms with van der Waals surface area (Å²) >= 11 is 5.85. The van der Waals surface area contributed by atoms with Crippen molar-refractivity contribution in [3.8, 4) is 0 Å². The van der Waals surface area contributed by atoms with Gasteiger partial charge in [-0.05, 0) is 18.8 Å². The van der Waals surface area contributed by atoms with Gasteiger partial charge in [-0.3, -0.25) is 0 Å². The Morgan fingerprint density at radius 3 is 3.15 bits per heavy atom. The highest BCUT2D eigenvalue weighted by molar-refractivity contribution is 6.29. The monoisotopic (exact) mass is 295 g/mol. The number of amides is 1. The van der Waals surface area contributed by atoms with Crippen molar-refractivity contribution in [2.24, 2.45) is 5.92 Å². The SMILES string of the molecule is O=C(O)N1CCCC(Cn2ncc3ncc(Cl)nc32)C1. The van der Waals surface area contributed by atoms with Crippen molar-refractivity contribution in [3.05, 3.63) is 17.5 Å². The Hall–Kier alpha value is -1.89. The number of rotatable bonds is 2. The maximum atomic E-state index is 11.0. The summed E-state index contributed by atoms with van der Waals surface area (Å²) in [4.78, 5) is 20.9. The zero-order valence-corrected chi connectivity index (χ0v) is 11.5. The van der Waals surface area contributed by atoms with E-state index in [1.54, 1.807) is 10.9 Å². The summed E-state index contributed by atoms with van der Waals surface area (Å²) in [6, 6.07) is 0. The smallest absolute Gasteiger partial charge is 0.407 e. The molecule has 8 heteroatoms. The van der Waals surface area contributed by atoms with E-state index in [2.05, 4.69) is 15.1 Å². The van der Waals surface area contributed by atoms with Crippen molar-refractivity contribution in [3.63, 3.8) is 0 Å². The first kappa shape index (κ1) is 13.1. The minimum atomic E-state index is -0.858. The lowest BCUT2D eigenvalue weighted by Gasteiger charge is -2.30. The molecule has 7 nitrogen and oxygen atoms in total. The van der Waals surface area contributed by atoms with Crippen LogP contribution in [0.25, 0.3) is 11.2 Å². The highest BCUT2D eigenvalue weighted by Gasteiger charge is 2.24. The average molecular weight is 296 g/mol. The molecule has 0 aliphatic carbocycles. The molecule has 1 fully saturated rings. The topological polar surface area (TPSA) is 84.1 Å². The van der Waals surface area contributed by atoms with E-state index in [4.69, 9.17) is 16.7 Å². The van der Waals surface area contributed by atoms with Gasteiger partial charge in [0.05, 0.1) is 12.4 Å². The molecule has 1 unspecified atom stereocenters. The minimum Gasteiger partial charge on any atom is -0.465 e. The summed E-state index contributed by atoms with van der Waals surface area (Å²) in [6.07, 6.45) is 4.14. The fourth-order valence-electron chi connectivity index (χ4n) is 2.59. The second-order valence-electron chi connectivity index (χ2n) is 4.97. The van der Waals surface area contributed by atoms with E-state index in [-0.39, 0.29) is 5.92 Å². The first-order chi connectivity index (χ1) is 9.63. The van der Waals surface area contributed by atoms with Crippen LogP contribution < -0.4 is 0 Å². The lowest BCUT2D eigenvalue weighted by Crippen LogP contribution is -2.40. The van der Waals surface area contributed by atoms with E-state index in [0.717, 1.165) is 12.8 Å². The zero-order chi connectivity index (χ0) is 14.1. The Morgan fingerprint density at radius 1 is 1.50 bits per heavy atom. The maximum absolute atomic E-state index is 11.0. The summed E-state index contributed by atoms with van der Waals surface area (Å²) in [5, 5.41) is 13.7. The molecule has 0 bridgehead atoms. The van der Waals surface area contributed by atoms with Gasteiger partial charge in [-0.2, -0.15) is 5.10 Å². The van der Waals surface area contributed by atoms with Gasteiger partial charge in [0.15, 0.2) is 5.65 Å². The third-order valence-electron chi connectivity index (χ3n) is 3.54. The Balaban J connectivity index is 1.79. The lowest BCUT2D eigenvalue weighted by atomic mass is 9.98. The summed E-state index contributed by atoms with van der Waals surface area (Å²) in [5.74, 6) is 0.240. The van der Waals surface area contributed by atoms with E-state index < -0.39 is 6.09 Å². The third kappa shape index (κ3) is 2.53. The van der Waals surface area contributed by atoms with Gasteiger partial charge >= 0.3 is 6.09 Å². The van der Waals surface area contributed by atoms with Crippen LogP contribution in [0.15, 0.2) is 12.4 Å². The number of nitrogens with zero attached hydrogens (tertiary/aromatic N) is 5. The summed E-state index contributed by atoms with van der Waals surface area (Å²) in [5.41, 5.74) is 1.34. The fourth-order valence-corrected chi connectivity index (χ4v) is 2.72. The molecule has 0 radical (unpaired) electrons. The second kappa shape index (κ2) is 5.24. The van der Waals surface area contributed by atoms with Gasteiger partial charge in [0.1, 0.15) is 10.7 Å². The zero-order valence-electron chi connectivity index (χ0n) is 10.7. The number of likely N-dealkylation sites (tertiary alicyclic amines) is 1. The Kier molecular flexibility index (Phi) is 3.43. The van der Waals surface area contributed by atoms with Gasteiger partial charge in [0, 0.05) is 19.6 Å². The number of halogens is 1. The van der Waals surface area contributed by atoms with Gasteiger partial charge < -0.3 is 10.0 Å². The van der Waals surface area contributed by atoms with E-state index in [9.17, 15) is 4.79 Å². The van der Waals surface area contributed by atoms with Crippen LogP contribution in [0, 0.1) is 5.92 Å². The van der Waals surface area contributed by atoms with Crippen molar-refractivity contribution >= 4 is 28.9 Å². The quantitative estimate of drug-likeness (QED) is 0.914. The molecule has 1 saturated heterocycles. The molecule has 2 aromatic heterocycles. The van der Waals surface area contributed by atoms with Crippen LogP contribution >= 0.6 is 11.6 Å².